The molecule has 0 aliphatic carbocycles. The van der Waals surface area contributed by atoms with Crippen LogP contribution in [-0.2, 0) is 17.8 Å². The van der Waals surface area contributed by atoms with Crippen molar-refractivity contribution in [3.8, 4) is 6.07 Å². The molecule has 2 aliphatic heterocycles. The largest absolute Gasteiger partial charge is 0.357 e. The molecular formula is C20H22N4OS. The number of rotatable bonds is 3. The van der Waals surface area contributed by atoms with Crippen LogP contribution in [0.2, 0.25) is 0 Å². The number of thiophene rings is 1. The Hall–Kier alpha value is -2.39. The lowest BCUT2D eigenvalue weighted by Crippen LogP contribution is -2.39. The zero-order chi connectivity index (χ0) is 17.9. The predicted molar refractivity (Wildman–Crippen MR) is 102 cm³/mol. The zero-order valence-corrected chi connectivity index (χ0v) is 15.5. The number of piperidine rings is 1. The van der Waals surface area contributed by atoms with Crippen LogP contribution in [0.1, 0.15) is 35.3 Å². The number of anilines is 1. The molecule has 0 spiro atoms. The highest BCUT2D eigenvalue weighted by molar-refractivity contribution is 7.10. The molecule has 0 N–H and O–H groups in total. The van der Waals surface area contributed by atoms with Gasteiger partial charge < -0.3 is 9.80 Å². The Kier molecular flexibility index (Phi) is 4.89. The number of fused-ring (bicyclic) bond motifs is 1. The van der Waals surface area contributed by atoms with Crippen molar-refractivity contribution in [1.82, 2.24) is 9.88 Å². The smallest absolute Gasteiger partial charge is 0.223 e. The van der Waals surface area contributed by atoms with Crippen LogP contribution >= 0.6 is 11.3 Å². The van der Waals surface area contributed by atoms with E-state index in [1.807, 2.05) is 28.4 Å². The highest BCUT2D eigenvalue weighted by Crippen LogP contribution is 2.28. The van der Waals surface area contributed by atoms with E-state index in [2.05, 4.69) is 27.4 Å². The summed E-state index contributed by atoms with van der Waals surface area (Å²) in [5, 5.41) is 11.0. The van der Waals surface area contributed by atoms with Crippen LogP contribution in [0, 0.1) is 17.2 Å². The van der Waals surface area contributed by atoms with Gasteiger partial charge in [-0.25, -0.2) is 4.98 Å². The van der Waals surface area contributed by atoms with Crippen LogP contribution < -0.4 is 4.90 Å². The summed E-state index contributed by atoms with van der Waals surface area (Å²) < 4.78 is 0. The first-order valence-corrected chi connectivity index (χ1v) is 10.0. The van der Waals surface area contributed by atoms with Gasteiger partial charge in [-0.15, -0.1) is 11.3 Å². The number of amides is 1. The molecule has 0 aromatic carbocycles. The van der Waals surface area contributed by atoms with Crippen LogP contribution in [0.3, 0.4) is 0 Å². The molecule has 0 atom stereocenters. The third-order valence-corrected chi connectivity index (χ3v) is 6.46. The first kappa shape index (κ1) is 17.0. The van der Waals surface area contributed by atoms with E-state index < -0.39 is 0 Å². The molecule has 0 unspecified atom stereocenters. The predicted octanol–water partition coefficient (Wildman–Crippen LogP) is 3.21. The average Bonchev–Trinajstić information content (AvgIpc) is 3.16. The van der Waals surface area contributed by atoms with Crippen molar-refractivity contribution in [2.45, 2.75) is 32.2 Å². The molecule has 2 aromatic heterocycles. The third kappa shape index (κ3) is 3.58. The monoisotopic (exact) mass is 366 g/mol. The maximum absolute atomic E-state index is 12.7. The Bertz CT molecular complexity index is 815. The van der Waals surface area contributed by atoms with E-state index in [0.717, 1.165) is 51.3 Å². The fourth-order valence-corrected chi connectivity index (χ4v) is 4.73. The molecule has 1 saturated heterocycles. The van der Waals surface area contributed by atoms with Crippen LogP contribution in [0.15, 0.2) is 29.8 Å². The van der Waals surface area contributed by atoms with E-state index in [4.69, 9.17) is 5.26 Å². The first-order valence-electron chi connectivity index (χ1n) is 9.17. The number of aromatic nitrogens is 1. The highest BCUT2D eigenvalue weighted by atomic mass is 32.1. The van der Waals surface area contributed by atoms with Crippen LogP contribution in [0.4, 0.5) is 5.82 Å². The van der Waals surface area contributed by atoms with Crippen molar-refractivity contribution in [2.75, 3.05) is 24.5 Å². The summed E-state index contributed by atoms with van der Waals surface area (Å²) >= 11 is 1.81. The Morgan fingerprint density at radius 2 is 2.12 bits per heavy atom. The molecule has 1 amide bonds. The Morgan fingerprint density at radius 3 is 2.85 bits per heavy atom. The molecule has 2 aliphatic rings. The maximum Gasteiger partial charge on any atom is 0.223 e. The second kappa shape index (κ2) is 7.46. The summed E-state index contributed by atoms with van der Waals surface area (Å²) in [5.41, 5.74) is 1.92. The van der Waals surface area contributed by atoms with Crippen molar-refractivity contribution in [1.29, 1.82) is 5.26 Å². The summed E-state index contributed by atoms with van der Waals surface area (Å²) in [6.07, 6.45) is 5.32. The lowest BCUT2D eigenvalue weighted by molar-refractivity contribution is -0.133. The Labute approximate surface area is 157 Å². The van der Waals surface area contributed by atoms with Gasteiger partial charge in [0.1, 0.15) is 11.9 Å². The number of carbonyl (C=O) groups excluding carboxylic acids is 1. The third-order valence-electron chi connectivity index (χ3n) is 5.44. The van der Waals surface area contributed by atoms with Gasteiger partial charge in [-0.05, 0) is 54.3 Å². The average molecular weight is 366 g/mol. The van der Waals surface area contributed by atoms with Crippen LogP contribution in [-0.4, -0.2) is 35.4 Å². The summed E-state index contributed by atoms with van der Waals surface area (Å²) in [6, 6.07) is 7.98. The van der Waals surface area contributed by atoms with Crippen LogP contribution in [0.5, 0.6) is 0 Å². The second-order valence-electron chi connectivity index (χ2n) is 7.09. The Morgan fingerprint density at radius 1 is 1.27 bits per heavy atom. The molecule has 5 nitrogen and oxygen atoms in total. The quantitative estimate of drug-likeness (QED) is 0.837. The number of hydrogen-bond acceptors (Lipinski definition) is 5. The lowest BCUT2D eigenvalue weighted by atomic mass is 9.92. The van der Waals surface area contributed by atoms with Gasteiger partial charge in [0.15, 0.2) is 0 Å². The van der Waals surface area contributed by atoms with Gasteiger partial charge in [0.05, 0.1) is 5.56 Å². The van der Waals surface area contributed by atoms with E-state index in [1.165, 1.54) is 10.4 Å². The summed E-state index contributed by atoms with van der Waals surface area (Å²) in [6.45, 7) is 3.49. The van der Waals surface area contributed by atoms with Crippen molar-refractivity contribution in [2.24, 2.45) is 5.92 Å². The van der Waals surface area contributed by atoms with Crippen LogP contribution in [0.25, 0.3) is 0 Å². The van der Waals surface area contributed by atoms with Gasteiger partial charge >= 0.3 is 0 Å². The van der Waals surface area contributed by atoms with E-state index >= 15 is 0 Å². The minimum Gasteiger partial charge on any atom is -0.357 e. The SMILES string of the molecule is N#Cc1ccc(N2CCC(CC(=O)N3CCc4sccc4C3)CC2)nc1. The minimum atomic E-state index is 0.303. The molecule has 1 fully saturated rings. The number of carbonyl (C=O) groups is 1. The van der Waals surface area contributed by atoms with E-state index in [1.54, 1.807) is 6.20 Å². The fraction of sp³-hybridized carbons (Fsp3) is 0.450. The molecule has 2 aromatic rings. The van der Waals surface area contributed by atoms with Gasteiger partial charge in [0.25, 0.3) is 0 Å². The summed E-state index contributed by atoms with van der Waals surface area (Å²) in [7, 11) is 0. The van der Waals surface area contributed by atoms with Gasteiger partial charge in [-0.3, -0.25) is 4.79 Å². The van der Waals surface area contributed by atoms with E-state index in [9.17, 15) is 4.79 Å². The first-order chi connectivity index (χ1) is 12.7. The molecule has 0 saturated carbocycles. The van der Waals surface area contributed by atoms with Crippen molar-refractivity contribution in [3.63, 3.8) is 0 Å². The standard InChI is InChI=1S/C20H22N4OS/c21-12-16-1-2-19(22-13-16)23-7-3-15(4-8-23)11-20(25)24-9-5-18-17(14-24)6-10-26-18/h1-2,6,10,13,15H,3-5,7-9,11,14H2. The number of pyridine rings is 1. The molecule has 4 heterocycles. The lowest BCUT2D eigenvalue weighted by Gasteiger charge is -2.34. The zero-order valence-electron chi connectivity index (χ0n) is 14.7. The van der Waals surface area contributed by atoms with E-state index in [0.29, 0.717) is 23.8 Å². The number of nitriles is 1. The number of hydrogen-bond donors (Lipinski definition) is 0. The molecule has 0 radical (unpaired) electrons. The molecular weight excluding hydrogens is 344 g/mol. The van der Waals surface area contributed by atoms with Gasteiger partial charge in [-0.2, -0.15) is 5.26 Å². The van der Waals surface area contributed by atoms with Crippen molar-refractivity contribution in [3.05, 3.63) is 45.8 Å². The molecule has 26 heavy (non-hydrogen) atoms. The summed E-state index contributed by atoms with van der Waals surface area (Å²) in [5.74, 6) is 1.69. The molecule has 4 rings (SSSR count). The minimum absolute atomic E-state index is 0.303. The number of nitrogens with zero attached hydrogens (tertiary/aromatic N) is 4. The second-order valence-corrected chi connectivity index (χ2v) is 8.09. The van der Waals surface area contributed by atoms with Crippen molar-refractivity contribution >= 4 is 23.1 Å². The normalized spacial score (nSPS) is 17.7. The molecule has 6 heteroatoms. The summed E-state index contributed by atoms with van der Waals surface area (Å²) in [4.78, 5) is 22.8. The highest BCUT2D eigenvalue weighted by Gasteiger charge is 2.26. The molecule has 134 valence electrons. The fourth-order valence-electron chi connectivity index (χ4n) is 3.84. The van der Waals surface area contributed by atoms with Gasteiger partial charge in [0.2, 0.25) is 5.91 Å². The van der Waals surface area contributed by atoms with Gasteiger partial charge in [-0.1, -0.05) is 0 Å². The maximum atomic E-state index is 12.7. The van der Waals surface area contributed by atoms with E-state index in [-0.39, 0.29) is 0 Å². The Balaban J connectivity index is 1.28. The van der Waals surface area contributed by atoms with Gasteiger partial charge in [0, 0.05) is 43.7 Å². The topological polar surface area (TPSA) is 60.2 Å². The molecule has 0 bridgehead atoms. The van der Waals surface area contributed by atoms with Crippen molar-refractivity contribution < 1.29 is 4.79 Å².